The lowest BCUT2D eigenvalue weighted by Crippen LogP contribution is -2.12. The zero-order valence-electron chi connectivity index (χ0n) is 12.9. The Morgan fingerprint density at radius 1 is 1.25 bits per heavy atom. The Kier molecular flexibility index (Phi) is 8.12. The topological polar surface area (TPSA) is 56.0 Å². The molecule has 1 unspecified atom stereocenters. The highest BCUT2D eigenvalue weighted by molar-refractivity contribution is 5.80. The number of aromatic nitrogens is 1. The molecule has 3 heteroatoms. The maximum atomic E-state index is 12.0. The van der Waals surface area contributed by atoms with E-state index in [0.29, 0.717) is 24.5 Å². The molecule has 1 aromatic rings. The van der Waals surface area contributed by atoms with E-state index in [9.17, 15) is 4.79 Å². The van der Waals surface area contributed by atoms with Gasteiger partial charge in [-0.05, 0) is 43.4 Å². The average Bonchev–Trinajstić information content (AvgIpc) is 2.46. The number of aryl methyl sites for hydroxylation is 1. The summed E-state index contributed by atoms with van der Waals surface area (Å²) in [7, 11) is 0. The van der Waals surface area contributed by atoms with Crippen molar-refractivity contribution in [3.05, 3.63) is 29.6 Å². The molecule has 0 amide bonds. The lowest BCUT2D eigenvalue weighted by Gasteiger charge is -2.14. The minimum atomic E-state index is 0.292. The molecule has 3 nitrogen and oxygen atoms in total. The van der Waals surface area contributed by atoms with E-state index < -0.39 is 0 Å². The van der Waals surface area contributed by atoms with Gasteiger partial charge in [0.15, 0.2) is 0 Å². The molecule has 0 spiro atoms. The van der Waals surface area contributed by atoms with Crippen LogP contribution < -0.4 is 5.73 Å². The van der Waals surface area contributed by atoms with E-state index in [1.165, 1.54) is 18.4 Å². The second kappa shape index (κ2) is 9.65. The molecular formula is C17H28N2O. The largest absolute Gasteiger partial charge is 0.330 e. The fourth-order valence-electron chi connectivity index (χ4n) is 2.50. The summed E-state index contributed by atoms with van der Waals surface area (Å²) in [6, 6.07) is 4.03. The Balaban J connectivity index is 2.38. The van der Waals surface area contributed by atoms with E-state index in [2.05, 4.69) is 24.9 Å². The van der Waals surface area contributed by atoms with Crippen molar-refractivity contribution in [3.63, 3.8) is 0 Å². The van der Waals surface area contributed by atoms with Crippen molar-refractivity contribution in [1.29, 1.82) is 0 Å². The van der Waals surface area contributed by atoms with Gasteiger partial charge in [-0.25, -0.2) is 0 Å². The van der Waals surface area contributed by atoms with Crippen LogP contribution in [0, 0.1) is 5.92 Å². The molecule has 2 N–H and O–H groups in total. The number of ketones is 1. The molecule has 0 aliphatic heterocycles. The van der Waals surface area contributed by atoms with Gasteiger partial charge in [-0.1, -0.05) is 32.8 Å². The van der Waals surface area contributed by atoms with Gasteiger partial charge in [-0.2, -0.15) is 0 Å². The number of Topliss-reactive ketones (excluding diaryl/α,β-unsaturated/α-hetero) is 1. The van der Waals surface area contributed by atoms with Crippen molar-refractivity contribution in [3.8, 4) is 0 Å². The first kappa shape index (κ1) is 16.8. The van der Waals surface area contributed by atoms with Crippen LogP contribution in [-0.2, 0) is 17.6 Å². The first-order valence-electron chi connectivity index (χ1n) is 7.85. The van der Waals surface area contributed by atoms with Gasteiger partial charge in [-0.15, -0.1) is 0 Å². The smallest absolute Gasteiger partial charge is 0.138 e. The second-order valence-corrected chi connectivity index (χ2v) is 5.50. The Morgan fingerprint density at radius 3 is 2.60 bits per heavy atom. The van der Waals surface area contributed by atoms with Crippen molar-refractivity contribution in [2.45, 2.75) is 58.8 Å². The molecule has 0 aromatic carbocycles. The number of pyridine rings is 1. The minimum Gasteiger partial charge on any atom is -0.330 e. The SMILES string of the molecule is CCCC(CCN)CCC(=O)Cc1ccc(CC)cn1. The lowest BCUT2D eigenvalue weighted by molar-refractivity contribution is -0.118. The summed E-state index contributed by atoms with van der Waals surface area (Å²) in [5.74, 6) is 0.893. The summed E-state index contributed by atoms with van der Waals surface area (Å²) in [5.41, 5.74) is 7.72. The van der Waals surface area contributed by atoms with E-state index in [-0.39, 0.29) is 0 Å². The van der Waals surface area contributed by atoms with Crippen LogP contribution in [0.5, 0.6) is 0 Å². The summed E-state index contributed by atoms with van der Waals surface area (Å²) < 4.78 is 0. The summed E-state index contributed by atoms with van der Waals surface area (Å²) in [4.78, 5) is 16.4. The number of carbonyl (C=O) groups excluding carboxylic acids is 1. The van der Waals surface area contributed by atoms with Crippen molar-refractivity contribution in [2.24, 2.45) is 11.7 Å². The highest BCUT2D eigenvalue weighted by Gasteiger charge is 2.11. The number of carbonyl (C=O) groups is 1. The molecular weight excluding hydrogens is 248 g/mol. The number of hydrogen-bond acceptors (Lipinski definition) is 3. The molecule has 0 aliphatic carbocycles. The summed E-state index contributed by atoms with van der Waals surface area (Å²) in [6.07, 6.45) is 8.32. The maximum Gasteiger partial charge on any atom is 0.138 e. The molecule has 0 radical (unpaired) electrons. The normalized spacial score (nSPS) is 12.3. The molecule has 112 valence electrons. The average molecular weight is 276 g/mol. The third kappa shape index (κ3) is 6.29. The van der Waals surface area contributed by atoms with Crippen molar-refractivity contribution in [1.82, 2.24) is 4.98 Å². The standard InChI is InChI=1S/C17H28N2O/c1-3-5-15(10-11-18)7-9-17(20)12-16-8-6-14(4-2)13-19-16/h6,8,13,15H,3-5,7,9-12,18H2,1-2H3. The van der Waals surface area contributed by atoms with Gasteiger partial charge in [-0.3, -0.25) is 9.78 Å². The molecule has 0 bridgehead atoms. The number of nitrogens with zero attached hydrogens (tertiary/aromatic N) is 1. The number of nitrogens with two attached hydrogens (primary N) is 1. The zero-order chi connectivity index (χ0) is 14.8. The van der Waals surface area contributed by atoms with Crippen molar-refractivity contribution >= 4 is 5.78 Å². The van der Waals surface area contributed by atoms with Crippen LogP contribution >= 0.6 is 0 Å². The molecule has 20 heavy (non-hydrogen) atoms. The van der Waals surface area contributed by atoms with Gasteiger partial charge in [0.2, 0.25) is 0 Å². The van der Waals surface area contributed by atoms with E-state index in [1.54, 1.807) is 0 Å². The van der Waals surface area contributed by atoms with Crippen LogP contribution in [0.4, 0.5) is 0 Å². The molecule has 0 aliphatic rings. The fourth-order valence-corrected chi connectivity index (χ4v) is 2.50. The highest BCUT2D eigenvalue weighted by atomic mass is 16.1. The first-order chi connectivity index (χ1) is 9.69. The van der Waals surface area contributed by atoms with Gasteiger partial charge in [0.1, 0.15) is 5.78 Å². The third-order valence-electron chi connectivity index (χ3n) is 3.78. The van der Waals surface area contributed by atoms with E-state index >= 15 is 0 Å². The zero-order valence-corrected chi connectivity index (χ0v) is 12.9. The van der Waals surface area contributed by atoms with E-state index in [1.807, 2.05) is 12.3 Å². The lowest BCUT2D eigenvalue weighted by atomic mass is 9.93. The summed E-state index contributed by atoms with van der Waals surface area (Å²) in [5, 5.41) is 0. The van der Waals surface area contributed by atoms with Crippen molar-refractivity contribution in [2.75, 3.05) is 6.54 Å². The summed E-state index contributed by atoms with van der Waals surface area (Å²) in [6.45, 7) is 5.01. The monoisotopic (exact) mass is 276 g/mol. The van der Waals surface area contributed by atoms with Crippen LogP contribution in [0.15, 0.2) is 18.3 Å². The predicted octanol–water partition coefficient (Wildman–Crippen LogP) is 3.30. The first-order valence-corrected chi connectivity index (χ1v) is 7.85. The van der Waals surface area contributed by atoms with Gasteiger partial charge in [0.25, 0.3) is 0 Å². The van der Waals surface area contributed by atoms with Crippen molar-refractivity contribution < 1.29 is 4.79 Å². The molecule has 0 fully saturated rings. The Hall–Kier alpha value is -1.22. The van der Waals surface area contributed by atoms with Crippen LogP contribution in [0.2, 0.25) is 0 Å². The third-order valence-corrected chi connectivity index (χ3v) is 3.78. The number of rotatable bonds is 10. The van der Waals surface area contributed by atoms with Gasteiger partial charge in [0.05, 0.1) is 0 Å². The summed E-state index contributed by atoms with van der Waals surface area (Å²) >= 11 is 0. The fraction of sp³-hybridized carbons (Fsp3) is 0.647. The molecule has 1 heterocycles. The van der Waals surface area contributed by atoms with Gasteiger partial charge in [0, 0.05) is 24.7 Å². The van der Waals surface area contributed by atoms with Crippen LogP contribution in [-0.4, -0.2) is 17.3 Å². The van der Waals surface area contributed by atoms with Gasteiger partial charge < -0.3 is 5.73 Å². The number of hydrogen-bond donors (Lipinski definition) is 1. The Labute approximate surface area is 123 Å². The Bertz CT molecular complexity index is 380. The second-order valence-electron chi connectivity index (χ2n) is 5.50. The molecule has 0 saturated heterocycles. The highest BCUT2D eigenvalue weighted by Crippen LogP contribution is 2.17. The Morgan fingerprint density at radius 2 is 2.05 bits per heavy atom. The molecule has 1 rings (SSSR count). The minimum absolute atomic E-state index is 0.292. The predicted molar refractivity (Wildman–Crippen MR) is 83.6 cm³/mol. The molecule has 1 atom stereocenters. The van der Waals surface area contributed by atoms with Crippen LogP contribution in [0.1, 0.15) is 57.2 Å². The molecule has 0 saturated carbocycles. The quantitative estimate of drug-likeness (QED) is 0.713. The molecule has 1 aromatic heterocycles. The van der Waals surface area contributed by atoms with E-state index in [0.717, 1.165) is 31.5 Å². The van der Waals surface area contributed by atoms with Gasteiger partial charge >= 0.3 is 0 Å². The maximum absolute atomic E-state index is 12.0. The van der Waals surface area contributed by atoms with Crippen LogP contribution in [0.25, 0.3) is 0 Å². The van der Waals surface area contributed by atoms with Crippen LogP contribution in [0.3, 0.4) is 0 Å². The van der Waals surface area contributed by atoms with E-state index in [4.69, 9.17) is 5.73 Å².